The van der Waals surface area contributed by atoms with Crippen LogP contribution in [-0.2, 0) is 0 Å². The molecule has 0 aliphatic heterocycles. The molecule has 2 nitrogen and oxygen atoms in total. The molecule has 0 spiro atoms. The van der Waals surface area contributed by atoms with Crippen LogP contribution < -0.4 is 5.32 Å². The highest BCUT2D eigenvalue weighted by Crippen LogP contribution is 2.18. The van der Waals surface area contributed by atoms with Crippen molar-refractivity contribution < 1.29 is 0 Å². The maximum atomic E-state index is 8.71. The minimum Gasteiger partial charge on any atom is -0.310 e. The smallest absolute Gasteiger partial charge is 0.0638 e. The molecule has 0 radical (unpaired) electrons. The van der Waals surface area contributed by atoms with Crippen molar-refractivity contribution in [3.05, 3.63) is 0 Å². The second-order valence-electron chi connectivity index (χ2n) is 4.68. The molecule has 1 atom stereocenters. The van der Waals surface area contributed by atoms with E-state index in [4.69, 9.17) is 5.26 Å². The second kappa shape index (κ2) is 7.70. The monoisotopic (exact) mass is 208 g/mol. The summed E-state index contributed by atoms with van der Waals surface area (Å²) in [7, 11) is 0. The summed E-state index contributed by atoms with van der Waals surface area (Å²) in [5.74, 6) is 0. The molecule has 1 aliphatic carbocycles. The molecule has 0 aromatic carbocycles. The average molecular weight is 208 g/mol. The van der Waals surface area contributed by atoms with Crippen molar-refractivity contribution in [1.82, 2.24) is 5.32 Å². The zero-order valence-corrected chi connectivity index (χ0v) is 9.97. The van der Waals surface area contributed by atoms with Crippen molar-refractivity contribution in [3.8, 4) is 6.07 Å². The second-order valence-corrected chi connectivity index (χ2v) is 4.68. The van der Waals surface area contributed by atoms with Gasteiger partial charge in [0.2, 0.25) is 0 Å². The normalized spacial score (nSPS) is 21.3. The fourth-order valence-electron chi connectivity index (χ4n) is 2.39. The van der Waals surface area contributed by atoms with E-state index in [1.807, 2.05) is 0 Å². The van der Waals surface area contributed by atoms with E-state index in [1.165, 1.54) is 44.9 Å². The molecule has 0 aromatic heterocycles. The van der Waals surface area contributed by atoms with E-state index < -0.39 is 0 Å². The summed E-state index contributed by atoms with van der Waals surface area (Å²) in [4.78, 5) is 0. The van der Waals surface area contributed by atoms with Crippen molar-refractivity contribution in [2.24, 2.45) is 0 Å². The van der Waals surface area contributed by atoms with Crippen LogP contribution in [-0.4, -0.2) is 12.1 Å². The number of rotatable bonds is 4. The molecule has 1 aliphatic rings. The highest BCUT2D eigenvalue weighted by molar-refractivity contribution is 4.83. The summed E-state index contributed by atoms with van der Waals surface area (Å²) < 4.78 is 0. The minimum atomic E-state index is 0.416. The van der Waals surface area contributed by atoms with E-state index >= 15 is 0 Å². The van der Waals surface area contributed by atoms with Crippen LogP contribution in [0.2, 0.25) is 0 Å². The van der Waals surface area contributed by atoms with Gasteiger partial charge in [0.1, 0.15) is 0 Å². The molecule has 2 heteroatoms. The number of nitrogens with one attached hydrogen (secondary N) is 1. The Morgan fingerprint density at radius 1 is 1.20 bits per heavy atom. The van der Waals surface area contributed by atoms with Gasteiger partial charge in [-0.3, -0.25) is 0 Å². The zero-order valence-electron chi connectivity index (χ0n) is 9.97. The highest BCUT2D eigenvalue weighted by Gasteiger charge is 2.14. The topological polar surface area (TPSA) is 35.8 Å². The lowest BCUT2D eigenvalue weighted by atomic mass is 9.95. The number of hydrogen-bond donors (Lipinski definition) is 1. The van der Waals surface area contributed by atoms with Crippen LogP contribution in [0.1, 0.15) is 64.7 Å². The summed E-state index contributed by atoms with van der Waals surface area (Å²) in [6.07, 6.45) is 11.3. The summed E-state index contributed by atoms with van der Waals surface area (Å²) in [5.41, 5.74) is 0. The Morgan fingerprint density at radius 3 is 2.33 bits per heavy atom. The molecule has 1 fully saturated rings. The van der Waals surface area contributed by atoms with Gasteiger partial charge in [-0.25, -0.2) is 0 Å². The predicted molar refractivity (Wildman–Crippen MR) is 63.6 cm³/mol. The molecule has 0 saturated heterocycles. The molecular formula is C13H24N2. The van der Waals surface area contributed by atoms with Crippen LogP contribution in [0.5, 0.6) is 0 Å². The van der Waals surface area contributed by atoms with Crippen LogP contribution >= 0.6 is 0 Å². The summed E-state index contributed by atoms with van der Waals surface area (Å²) in [6, 6.07) is 3.36. The van der Waals surface area contributed by atoms with Crippen molar-refractivity contribution in [1.29, 1.82) is 5.26 Å². The molecule has 0 aromatic rings. The molecule has 1 N–H and O–H groups in total. The quantitative estimate of drug-likeness (QED) is 0.768. The first-order chi connectivity index (χ1) is 7.36. The van der Waals surface area contributed by atoms with Gasteiger partial charge in [-0.1, -0.05) is 39.0 Å². The van der Waals surface area contributed by atoms with E-state index in [0.717, 1.165) is 6.42 Å². The molecule has 0 amide bonds. The third kappa shape index (κ3) is 5.18. The molecule has 15 heavy (non-hydrogen) atoms. The zero-order chi connectivity index (χ0) is 10.9. The molecular weight excluding hydrogens is 184 g/mol. The first-order valence-corrected chi connectivity index (χ1v) is 6.49. The van der Waals surface area contributed by atoms with Crippen LogP contribution in [0.15, 0.2) is 0 Å². The molecule has 0 heterocycles. The number of nitriles is 1. The van der Waals surface area contributed by atoms with Crippen LogP contribution in [0, 0.1) is 11.3 Å². The van der Waals surface area contributed by atoms with E-state index in [0.29, 0.717) is 18.5 Å². The molecule has 1 unspecified atom stereocenters. The number of nitrogens with zero attached hydrogens (tertiary/aromatic N) is 1. The lowest BCUT2D eigenvalue weighted by Gasteiger charge is -2.25. The Hall–Kier alpha value is -0.550. The third-order valence-electron chi connectivity index (χ3n) is 3.41. The Balaban J connectivity index is 2.29. The average Bonchev–Trinajstić information content (AvgIpc) is 2.20. The maximum absolute atomic E-state index is 8.71. The van der Waals surface area contributed by atoms with Crippen LogP contribution in [0.3, 0.4) is 0 Å². The lowest BCUT2D eigenvalue weighted by Crippen LogP contribution is -2.38. The standard InChI is InChI=1S/C13H24N2/c1-2-12(10-11-14)15-13-8-6-4-3-5-7-9-13/h12-13,15H,2-10H2,1H3. The first kappa shape index (κ1) is 12.5. The number of hydrogen-bond acceptors (Lipinski definition) is 2. The largest absolute Gasteiger partial charge is 0.310 e. The van der Waals surface area contributed by atoms with Gasteiger partial charge in [-0.05, 0) is 19.3 Å². The van der Waals surface area contributed by atoms with Gasteiger partial charge >= 0.3 is 0 Å². The van der Waals surface area contributed by atoms with Crippen molar-refractivity contribution in [3.63, 3.8) is 0 Å². The Kier molecular flexibility index (Phi) is 6.43. The van der Waals surface area contributed by atoms with E-state index in [-0.39, 0.29) is 0 Å². The Labute approximate surface area is 94.1 Å². The van der Waals surface area contributed by atoms with Gasteiger partial charge in [0.05, 0.1) is 12.5 Å². The first-order valence-electron chi connectivity index (χ1n) is 6.49. The summed E-state index contributed by atoms with van der Waals surface area (Å²) in [5, 5.41) is 12.4. The Bertz CT molecular complexity index is 187. The SMILES string of the molecule is CCC(CC#N)NC1CCCCCCC1. The van der Waals surface area contributed by atoms with Gasteiger partial charge in [0, 0.05) is 12.1 Å². The lowest BCUT2D eigenvalue weighted by molar-refractivity contribution is 0.347. The minimum absolute atomic E-state index is 0.416. The fraction of sp³-hybridized carbons (Fsp3) is 0.923. The van der Waals surface area contributed by atoms with Crippen LogP contribution in [0.25, 0.3) is 0 Å². The van der Waals surface area contributed by atoms with E-state index in [9.17, 15) is 0 Å². The van der Waals surface area contributed by atoms with Gasteiger partial charge in [0.15, 0.2) is 0 Å². The van der Waals surface area contributed by atoms with E-state index in [1.54, 1.807) is 0 Å². The molecule has 1 rings (SSSR count). The van der Waals surface area contributed by atoms with Gasteiger partial charge in [-0.2, -0.15) is 5.26 Å². The summed E-state index contributed by atoms with van der Waals surface area (Å²) in [6.45, 7) is 2.16. The van der Waals surface area contributed by atoms with E-state index in [2.05, 4.69) is 18.3 Å². The van der Waals surface area contributed by atoms with Gasteiger partial charge in [-0.15, -0.1) is 0 Å². The molecule has 0 bridgehead atoms. The van der Waals surface area contributed by atoms with Crippen molar-refractivity contribution in [2.75, 3.05) is 0 Å². The fourth-order valence-corrected chi connectivity index (χ4v) is 2.39. The van der Waals surface area contributed by atoms with Crippen molar-refractivity contribution in [2.45, 2.75) is 76.8 Å². The van der Waals surface area contributed by atoms with Crippen molar-refractivity contribution >= 4 is 0 Å². The highest BCUT2D eigenvalue weighted by atomic mass is 14.9. The van der Waals surface area contributed by atoms with Gasteiger partial charge < -0.3 is 5.32 Å². The molecule has 1 saturated carbocycles. The third-order valence-corrected chi connectivity index (χ3v) is 3.41. The van der Waals surface area contributed by atoms with Gasteiger partial charge in [0.25, 0.3) is 0 Å². The predicted octanol–water partition coefficient (Wildman–Crippen LogP) is 3.38. The maximum Gasteiger partial charge on any atom is 0.0638 e. The summed E-state index contributed by atoms with van der Waals surface area (Å²) >= 11 is 0. The Morgan fingerprint density at radius 2 is 1.80 bits per heavy atom. The van der Waals surface area contributed by atoms with Crippen LogP contribution in [0.4, 0.5) is 0 Å². The molecule has 86 valence electrons.